The Labute approximate surface area is 98.9 Å². The van der Waals surface area contributed by atoms with E-state index < -0.39 is 6.04 Å². The number of hydrogen-bond donors (Lipinski definition) is 2. The number of carbonyl (C=O) groups is 1. The number of nitrogens with one attached hydrogen (secondary N) is 1. The van der Waals surface area contributed by atoms with Gasteiger partial charge in [0, 0.05) is 13.2 Å². The maximum atomic E-state index is 11.7. The standard InChI is InChI=1S/C12H26N2O2/c1-6-9(3)10(13)11(15)14-8-12(4,5)16-7-2/h9-10H,6-8,13H2,1-5H3,(H,14,15). The Morgan fingerprint density at radius 2 is 2.00 bits per heavy atom. The van der Waals surface area contributed by atoms with Crippen LogP contribution in [0.5, 0.6) is 0 Å². The van der Waals surface area contributed by atoms with E-state index in [2.05, 4.69) is 5.32 Å². The molecule has 0 rings (SSSR count). The first kappa shape index (κ1) is 15.4. The summed E-state index contributed by atoms with van der Waals surface area (Å²) in [6, 6.07) is -0.428. The summed E-state index contributed by atoms with van der Waals surface area (Å²) in [5, 5.41) is 2.83. The van der Waals surface area contributed by atoms with Crippen molar-refractivity contribution in [2.45, 2.75) is 52.7 Å². The van der Waals surface area contributed by atoms with E-state index in [1.807, 2.05) is 34.6 Å². The lowest BCUT2D eigenvalue weighted by molar-refractivity contribution is -0.125. The largest absolute Gasteiger partial charge is 0.374 e. The summed E-state index contributed by atoms with van der Waals surface area (Å²) in [7, 11) is 0. The van der Waals surface area contributed by atoms with Crippen LogP contribution in [-0.2, 0) is 9.53 Å². The fourth-order valence-electron chi connectivity index (χ4n) is 1.37. The first-order valence-corrected chi connectivity index (χ1v) is 6.01. The van der Waals surface area contributed by atoms with Gasteiger partial charge in [-0.25, -0.2) is 0 Å². The average molecular weight is 230 g/mol. The molecule has 0 spiro atoms. The zero-order chi connectivity index (χ0) is 12.8. The van der Waals surface area contributed by atoms with Crippen molar-refractivity contribution in [3.05, 3.63) is 0 Å². The SMILES string of the molecule is CCOC(C)(C)CNC(=O)C(N)C(C)CC. The maximum absolute atomic E-state index is 11.7. The molecule has 2 unspecified atom stereocenters. The van der Waals surface area contributed by atoms with E-state index in [0.29, 0.717) is 13.2 Å². The molecule has 0 saturated heterocycles. The number of carbonyl (C=O) groups excluding carboxylic acids is 1. The van der Waals surface area contributed by atoms with Gasteiger partial charge in [0.05, 0.1) is 11.6 Å². The number of rotatable bonds is 7. The topological polar surface area (TPSA) is 64.3 Å². The molecule has 96 valence electrons. The Bertz CT molecular complexity index is 217. The highest BCUT2D eigenvalue weighted by molar-refractivity contribution is 5.81. The molecule has 0 heterocycles. The fraction of sp³-hybridized carbons (Fsp3) is 0.917. The zero-order valence-electron chi connectivity index (χ0n) is 11.2. The molecule has 0 aromatic rings. The molecule has 4 heteroatoms. The summed E-state index contributed by atoms with van der Waals surface area (Å²) >= 11 is 0. The molecule has 0 bridgehead atoms. The molecule has 0 aromatic carbocycles. The van der Waals surface area contributed by atoms with Crippen LogP contribution in [0.3, 0.4) is 0 Å². The summed E-state index contributed by atoms with van der Waals surface area (Å²) in [6.45, 7) is 11.0. The smallest absolute Gasteiger partial charge is 0.237 e. The minimum atomic E-state index is -0.428. The van der Waals surface area contributed by atoms with E-state index in [-0.39, 0.29) is 17.4 Å². The second-order valence-electron chi connectivity index (χ2n) is 4.82. The Morgan fingerprint density at radius 3 is 2.44 bits per heavy atom. The lowest BCUT2D eigenvalue weighted by atomic mass is 9.99. The third-order valence-corrected chi connectivity index (χ3v) is 2.78. The van der Waals surface area contributed by atoms with Crippen molar-refractivity contribution in [3.63, 3.8) is 0 Å². The molecule has 16 heavy (non-hydrogen) atoms. The van der Waals surface area contributed by atoms with Crippen molar-refractivity contribution in [3.8, 4) is 0 Å². The summed E-state index contributed by atoms with van der Waals surface area (Å²) in [4.78, 5) is 11.7. The second kappa shape index (κ2) is 6.86. The summed E-state index contributed by atoms with van der Waals surface area (Å²) in [5.41, 5.74) is 5.49. The van der Waals surface area contributed by atoms with Gasteiger partial charge in [-0.15, -0.1) is 0 Å². The Hall–Kier alpha value is -0.610. The molecular weight excluding hydrogens is 204 g/mol. The monoisotopic (exact) mass is 230 g/mol. The van der Waals surface area contributed by atoms with E-state index in [9.17, 15) is 4.79 Å². The van der Waals surface area contributed by atoms with Gasteiger partial charge in [0.1, 0.15) is 0 Å². The minimum Gasteiger partial charge on any atom is -0.374 e. The van der Waals surface area contributed by atoms with E-state index in [1.165, 1.54) is 0 Å². The first-order chi connectivity index (χ1) is 7.34. The zero-order valence-corrected chi connectivity index (χ0v) is 11.2. The predicted molar refractivity (Wildman–Crippen MR) is 66.1 cm³/mol. The highest BCUT2D eigenvalue weighted by Crippen LogP contribution is 2.08. The third-order valence-electron chi connectivity index (χ3n) is 2.78. The molecule has 0 aliphatic rings. The van der Waals surface area contributed by atoms with Crippen molar-refractivity contribution in [2.75, 3.05) is 13.2 Å². The van der Waals surface area contributed by atoms with Gasteiger partial charge in [-0.05, 0) is 26.7 Å². The van der Waals surface area contributed by atoms with Gasteiger partial charge < -0.3 is 15.8 Å². The van der Waals surface area contributed by atoms with Crippen LogP contribution in [0.4, 0.5) is 0 Å². The molecule has 0 radical (unpaired) electrons. The van der Waals surface area contributed by atoms with E-state index >= 15 is 0 Å². The van der Waals surface area contributed by atoms with Gasteiger partial charge in [0.25, 0.3) is 0 Å². The third kappa shape index (κ3) is 5.47. The summed E-state index contributed by atoms with van der Waals surface area (Å²) in [5.74, 6) is 0.109. The van der Waals surface area contributed by atoms with Crippen LogP contribution >= 0.6 is 0 Å². The first-order valence-electron chi connectivity index (χ1n) is 6.01. The van der Waals surface area contributed by atoms with E-state index in [4.69, 9.17) is 10.5 Å². The van der Waals surface area contributed by atoms with Gasteiger partial charge >= 0.3 is 0 Å². The van der Waals surface area contributed by atoms with E-state index in [0.717, 1.165) is 6.42 Å². The second-order valence-corrected chi connectivity index (χ2v) is 4.82. The van der Waals surface area contributed by atoms with Crippen LogP contribution < -0.4 is 11.1 Å². The van der Waals surface area contributed by atoms with Gasteiger partial charge in [0.2, 0.25) is 5.91 Å². The summed E-state index contributed by atoms with van der Waals surface area (Å²) < 4.78 is 5.49. The minimum absolute atomic E-state index is 0.0953. The van der Waals surface area contributed by atoms with Crippen molar-refractivity contribution >= 4 is 5.91 Å². The van der Waals surface area contributed by atoms with Gasteiger partial charge in [-0.1, -0.05) is 20.3 Å². The normalized spacial score (nSPS) is 15.6. The van der Waals surface area contributed by atoms with Crippen LogP contribution in [-0.4, -0.2) is 30.7 Å². The maximum Gasteiger partial charge on any atom is 0.237 e. The number of ether oxygens (including phenoxy) is 1. The molecule has 0 aromatic heterocycles. The fourth-order valence-corrected chi connectivity index (χ4v) is 1.37. The average Bonchev–Trinajstić information content (AvgIpc) is 2.23. The van der Waals surface area contributed by atoms with Gasteiger partial charge in [0.15, 0.2) is 0 Å². The van der Waals surface area contributed by atoms with Crippen LogP contribution in [0.25, 0.3) is 0 Å². The Balaban J connectivity index is 4.06. The number of hydrogen-bond acceptors (Lipinski definition) is 3. The van der Waals surface area contributed by atoms with Crippen molar-refractivity contribution in [1.29, 1.82) is 0 Å². The lowest BCUT2D eigenvalue weighted by Gasteiger charge is -2.26. The molecular formula is C12H26N2O2. The molecule has 3 N–H and O–H groups in total. The Morgan fingerprint density at radius 1 is 1.44 bits per heavy atom. The van der Waals surface area contributed by atoms with Crippen molar-refractivity contribution in [1.82, 2.24) is 5.32 Å². The molecule has 0 fully saturated rings. The quantitative estimate of drug-likeness (QED) is 0.692. The molecule has 0 aliphatic carbocycles. The number of amides is 1. The predicted octanol–water partition coefficient (Wildman–Crippen LogP) is 1.29. The lowest BCUT2D eigenvalue weighted by Crippen LogP contribution is -2.49. The highest BCUT2D eigenvalue weighted by atomic mass is 16.5. The molecule has 1 amide bonds. The highest BCUT2D eigenvalue weighted by Gasteiger charge is 2.23. The molecule has 0 aliphatic heterocycles. The van der Waals surface area contributed by atoms with Crippen LogP contribution in [0.2, 0.25) is 0 Å². The van der Waals surface area contributed by atoms with Gasteiger partial charge in [-0.3, -0.25) is 4.79 Å². The molecule has 2 atom stereocenters. The van der Waals surface area contributed by atoms with Crippen LogP contribution in [0.1, 0.15) is 41.0 Å². The Kier molecular flexibility index (Phi) is 6.60. The van der Waals surface area contributed by atoms with Crippen LogP contribution in [0, 0.1) is 5.92 Å². The van der Waals surface area contributed by atoms with Crippen molar-refractivity contribution in [2.24, 2.45) is 11.7 Å². The number of nitrogens with two attached hydrogens (primary N) is 1. The summed E-state index contributed by atoms with van der Waals surface area (Å²) in [6.07, 6.45) is 0.906. The van der Waals surface area contributed by atoms with Crippen LogP contribution in [0.15, 0.2) is 0 Å². The molecule has 4 nitrogen and oxygen atoms in total. The van der Waals surface area contributed by atoms with Gasteiger partial charge in [-0.2, -0.15) is 0 Å². The van der Waals surface area contributed by atoms with E-state index in [1.54, 1.807) is 0 Å². The molecule has 0 saturated carbocycles. The van der Waals surface area contributed by atoms with Crippen molar-refractivity contribution < 1.29 is 9.53 Å².